The van der Waals surface area contributed by atoms with Crippen LogP contribution in [0.1, 0.15) is 44.6 Å². The number of aryl methyl sites for hydroxylation is 3. The topological polar surface area (TPSA) is 112 Å². The van der Waals surface area contributed by atoms with Gasteiger partial charge in [0.1, 0.15) is 28.8 Å². The lowest BCUT2D eigenvalue weighted by atomic mass is 10.1. The molecular weight excluding hydrogens is 550 g/mol. The Hall–Kier alpha value is -5.11. The molecule has 0 spiro atoms. The molecule has 0 aliphatic rings. The smallest absolute Gasteiger partial charge is 0.227 e. The molecule has 5 aromatic rings. The van der Waals surface area contributed by atoms with E-state index >= 15 is 0 Å². The van der Waals surface area contributed by atoms with Crippen LogP contribution in [-0.4, -0.2) is 38.3 Å². The Labute approximate surface area is 261 Å². The normalized spacial score (nSPS) is 9.57. The number of nitrogens with zero attached hydrogens (tertiary/aromatic N) is 3. The monoisotopic (exact) mass is 595 g/mol. The molecule has 0 saturated heterocycles. The zero-order valence-electron chi connectivity index (χ0n) is 26.4. The second-order valence-corrected chi connectivity index (χ2v) is 9.36. The molecule has 4 aromatic carbocycles. The lowest BCUT2D eigenvalue weighted by molar-refractivity contribution is 0.475. The van der Waals surface area contributed by atoms with E-state index in [1.807, 2.05) is 57.2 Å². The number of nitrogens with one attached hydrogen (secondary N) is 2. The van der Waals surface area contributed by atoms with Crippen molar-refractivity contribution in [2.75, 3.05) is 23.7 Å². The third-order valence-electron chi connectivity index (χ3n) is 5.83. The van der Waals surface area contributed by atoms with Gasteiger partial charge in [0, 0.05) is 13.1 Å². The number of phenols is 2. The van der Waals surface area contributed by atoms with Crippen LogP contribution in [0.4, 0.5) is 11.9 Å². The van der Waals surface area contributed by atoms with E-state index < -0.39 is 0 Å². The number of aromatic nitrogens is 3. The number of aromatic hydroxyl groups is 2. The predicted octanol–water partition coefficient (Wildman–Crippen LogP) is 8.43. The first kappa shape index (κ1) is 35.1. The Morgan fingerprint density at radius 3 is 1.16 bits per heavy atom. The quantitative estimate of drug-likeness (QED) is 0.141. The minimum Gasteiger partial charge on any atom is -0.508 e. The van der Waals surface area contributed by atoms with Crippen molar-refractivity contribution in [2.45, 2.75) is 47.5 Å². The molecule has 8 nitrogen and oxygen atoms in total. The molecule has 1 heterocycles. The number of hydrogen-bond acceptors (Lipinski definition) is 8. The highest BCUT2D eigenvalue weighted by molar-refractivity contribution is 5.35. The molecule has 8 heteroatoms. The first-order chi connectivity index (χ1) is 21.4. The number of ether oxygens (including phenoxy) is 1. The van der Waals surface area contributed by atoms with Crippen molar-refractivity contribution in [3.05, 3.63) is 126 Å². The van der Waals surface area contributed by atoms with Gasteiger partial charge in [-0.15, -0.1) is 0 Å². The summed E-state index contributed by atoms with van der Waals surface area (Å²) >= 11 is 0. The Bertz CT molecular complexity index is 1330. The number of hydrogen-bond donors (Lipinski definition) is 4. The molecular formula is C36H45N5O3. The Morgan fingerprint density at radius 1 is 0.523 bits per heavy atom. The first-order valence-electron chi connectivity index (χ1n) is 14.9. The number of phenolic OH excluding ortho intramolecular Hbond substituents is 2. The third kappa shape index (κ3) is 14.7. The summed E-state index contributed by atoms with van der Waals surface area (Å²) in [5.41, 5.74) is 2.66. The molecule has 0 amide bonds. The van der Waals surface area contributed by atoms with Crippen molar-refractivity contribution in [2.24, 2.45) is 0 Å². The maximum atomic E-state index is 8.63. The van der Waals surface area contributed by atoms with Crippen molar-refractivity contribution in [3.63, 3.8) is 0 Å². The molecule has 44 heavy (non-hydrogen) atoms. The Balaban J connectivity index is 0.000000220. The SMILES string of the molecule is CCNc1nc(C)nc(NCC)n1.CCc1ccc(Oc2ccc(CC)cc2)cc1.Oc1ccccc1.Oc1ccccc1. The maximum Gasteiger partial charge on any atom is 0.227 e. The van der Waals surface area contributed by atoms with Gasteiger partial charge in [-0.2, -0.15) is 15.0 Å². The number of para-hydroxylation sites is 2. The number of rotatable bonds is 8. The maximum absolute atomic E-state index is 8.63. The van der Waals surface area contributed by atoms with E-state index in [9.17, 15) is 0 Å². The molecule has 0 radical (unpaired) electrons. The summed E-state index contributed by atoms with van der Waals surface area (Å²) in [7, 11) is 0. The van der Waals surface area contributed by atoms with Crippen molar-refractivity contribution in [3.8, 4) is 23.0 Å². The standard InChI is InChI=1S/C16H18O.C8H15N5.2C6H6O/c1-3-13-5-9-15(10-6-13)17-16-11-7-14(4-2)8-12-16;1-4-9-7-11-6(3)12-8(13-7)10-5-2;2*7-6-4-2-1-3-5-6/h5-12H,3-4H2,1-2H3;4-5H2,1-3H3,(H2,9,10,11,12,13);2*1-5,7H. The van der Waals surface area contributed by atoms with E-state index in [0.29, 0.717) is 23.4 Å². The molecule has 0 fully saturated rings. The van der Waals surface area contributed by atoms with Crippen molar-refractivity contribution < 1.29 is 14.9 Å². The summed E-state index contributed by atoms with van der Waals surface area (Å²) in [6.45, 7) is 11.8. The first-order valence-corrected chi connectivity index (χ1v) is 14.9. The van der Waals surface area contributed by atoms with Crippen LogP contribution in [0.15, 0.2) is 109 Å². The second kappa shape index (κ2) is 20.7. The van der Waals surface area contributed by atoms with Gasteiger partial charge >= 0.3 is 0 Å². The molecule has 1 aromatic heterocycles. The lowest BCUT2D eigenvalue weighted by Gasteiger charge is -2.06. The number of anilines is 2. The molecule has 232 valence electrons. The van der Waals surface area contributed by atoms with Gasteiger partial charge in [0.2, 0.25) is 11.9 Å². The van der Waals surface area contributed by atoms with E-state index in [1.165, 1.54) is 11.1 Å². The largest absolute Gasteiger partial charge is 0.508 e. The van der Waals surface area contributed by atoms with Gasteiger partial charge in [0.05, 0.1) is 0 Å². The van der Waals surface area contributed by atoms with Crippen LogP contribution in [0.3, 0.4) is 0 Å². The summed E-state index contributed by atoms with van der Waals surface area (Å²) in [5.74, 6) is 4.42. The third-order valence-corrected chi connectivity index (χ3v) is 5.83. The Morgan fingerprint density at radius 2 is 0.886 bits per heavy atom. The van der Waals surface area contributed by atoms with E-state index in [-0.39, 0.29) is 0 Å². The van der Waals surface area contributed by atoms with Crippen LogP contribution in [0.5, 0.6) is 23.0 Å². The summed E-state index contributed by atoms with van der Waals surface area (Å²) < 4.78 is 5.78. The van der Waals surface area contributed by atoms with E-state index in [2.05, 4.69) is 63.7 Å². The molecule has 0 aliphatic carbocycles. The van der Waals surface area contributed by atoms with Gasteiger partial charge in [0.15, 0.2) is 0 Å². The average Bonchev–Trinajstić information content (AvgIpc) is 3.04. The van der Waals surface area contributed by atoms with Crippen LogP contribution >= 0.6 is 0 Å². The summed E-state index contributed by atoms with van der Waals surface area (Å²) in [4.78, 5) is 12.4. The fourth-order valence-corrected chi connectivity index (χ4v) is 3.53. The van der Waals surface area contributed by atoms with Gasteiger partial charge in [-0.25, -0.2) is 0 Å². The highest BCUT2D eigenvalue weighted by Crippen LogP contribution is 2.22. The Kier molecular flexibility index (Phi) is 16.5. The minimum absolute atomic E-state index is 0.322. The van der Waals surface area contributed by atoms with Crippen LogP contribution < -0.4 is 15.4 Å². The minimum atomic E-state index is 0.322. The fraction of sp³-hybridized carbons (Fsp3) is 0.250. The van der Waals surface area contributed by atoms with Crippen molar-refractivity contribution >= 4 is 11.9 Å². The highest BCUT2D eigenvalue weighted by atomic mass is 16.5. The van der Waals surface area contributed by atoms with Crippen molar-refractivity contribution in [1.29, 1.82) is 0 Å². The molecule has 0 bridgehead atoms. The van der Waals surface area contributed by atoms with Gasteiger partial charge in [-0.3, -0.25) is 0 Å². The van der Waals surface area contributed by atoms with E-state index in [4.69, 9.17) is 14.9 Å². The van der Waals surface area contributed by atoms with Crippen LogP contribution in [0.25, 0.3) is 0 Å². The van der Waals surface area contributed by atoms with Gasteiger partial charge in [0.25, 0.3) is 0 Å². The molecule has 0 atom stereocenters. The highest BCUT2D eigenvalue weighted by Gasteiger charge is 2.01. The van der Waals surface area contributed by atoms with Crippen molar-refractivity contribution in [1.82, 2.24) is 15.0 Å². The average molecular weight is 596 g/mol. The number of benzene rings is 4. The van der Waals surface area contributed by atoms with Gasteiger partial charge in [-0.1, -0.05) is 74.5 Å². The van der Waals surface area contributed by atoms with E-state index in [1.54, 1.807) is 48.5 Å². The summed E-state index contributed by atoms with van der Waals surface area (Å²) in [6, 6.07) is 33.9. The molecule has 0 aliphatic heterocycles. The molecule has 0 unspecified atom stereocenters. The molecule has 0 saturated carbocycles. The lowest BCUT2D eigenvalue weighted by Crippen LogP contribution is -2.09. The fourth-order valence-electron chi connectivity index (χ4n) is 3.53. The summed E-state index contributed by atoms with van der Waals surface area (Å²) in [5, 5.41) is 23.4. The van der Waals surface area contributed by atoms with Crippen LogP contribution in [0, 0.1) is 6.92 Å². The predicted molar refractivity (Wildman–Crippen MR) is 181 cm³/mol. The van der Waals surface area contributed by atoms with Gasteiger partial charge in [-0.05, 0) is 93.3 Å². The molecule has 4 N–H and O–H groups in total. The van der Waals surface area contributed by atoms with E-state index in [0.717, 1.165) is 43.3 Å². The van der Waals surface area contributed by atoms with Gasteiger partial charge < -0.3 is 25.6 Å². The van der Waals surface area contributed by atoms with Crippen LogP contribution in [0.2, 0.25) is 0 Å². The molecule has 5 rings (SSSR count). The second-order valence-electron chi connectivity index (χ2n) is 9.36. The zero-order valence-corrected chi connectivity index (χ0v) is 26.4. The summed E-state index contributed by atoms with van der Waals surface area (Å²) in [6.07, 6.45) is 2.12. The zero-order chi connectivity index (χ0) is 32.0. The van der Waals surface area contributed by atoms with Crippen LogP contribution in [-0.2, 0) is 12.8 Å².